The molecule has 0 radical (unpaired) electrons. The third-order valence-corrected chi connectivity index (χ3v) is 3.18. The number of aromatic amines is 1. The van der Waals surface area contributed by atoms with Crippen molar-refractivity contribution in [1.29, 1.82) is 0 Å². The smallest absolute Gasteiger partial charge is 0.319 e. The summed E-state index contributed by atoms with van der Waals surface area (Å²) in [5.74, 6) is 0. The first kappa shape index (κ1) is 15.5. The van der Waals surface area contributed by atoms with E-state index in [1.54, 1.807) is 6.20 Å². The highest BCUT2D eigenvalue weighted by atomic mass is 16.6. The number of rotatable bonds is 6. The molecule has 1 aromatic heterocycles. The zero-order valence-electron chi connectivity index (χ0n) is 12.1. The first-order chi connectivity index (χ1) is 10.6. The summed E-state index contributed by atoms with van der Waals surface area (Å²) in [6, 6.07) is 5.34. The predicted molar refractivity (Wildman–Crippen MR) is 81.8 cm³/mol. The number of amides is 2. The lowest BCUT2D eigenvalue weighted by atomic mass is 10.1. The number of nitro groups is 1. The molecular formula is C14H17N5O3. The van der Waals surface area contributed by atoms with Gasteiger partial charge in [-0.15, -0.1) is 0 Å². The van der Waals surface area contributed by atoms with Gasteiger partial charge in [0.05, 0.1) is 11.1 Å². The Labute approximate surface area is 127 Å². The van der Waals surface area contributed by atoms with Crippen molar-refractivity contribution in [1.82, 2.24) is 15.5 Å². The molecule has 2 amide bonds. The molecule has 0 aliphatic carbocycles. The molecule has 1 heterocycles. The molecule has 0 bridgehead atoms. The Morgan fingerprint density at radius 1 is 1.36 bits per heavy atom. The number of benzene rings is 1. The van der Waals surface area contributed by atoms with Gasteiger partial charge in [0.15, 0.2) is 0 Å². The van der Waals surface area contributed by atoms with Gasteiger partial charge in [-0.1, -0.05) is 0 Å². The number of carbonyl (C=O) groups excluding carboxylic acids is 1. The number of hydrogen-bond acceptors (Lipinski definition) is 4. The number of aryl methyl sites for hydroxylation is 2. The van der Waals surface area contributed by atoms with Crippen LogP contribution in [0.25, 0.3) is 0 Å². The fraction of sp³-hybridized carbons (Fsp3) is 0.286. The van der Waals surface area contributed by atoms with Crippen LogP contribution in [0.15, 0.2) is 30.5 Å². The normalized spacial score (nSPS) is 10.2. The zero-order valence-corrected chi connectivity index (χ0v) is 12.1. The van der Waals surface area contributed by atoms with Gasteiger partial charge in [0, 0.05) is 30.1 Å². The maximum Gasteiger partial charge on any atom is 0.319 e. The summed E-state index contributed by atoms with van der Waals surface area (Å²) in [7, 11) is 0. The van der Waals surface area contributed by atoms with Crippen LogP contribution >= 0.6 is 0 Å². The number of aromatic nitrogens is 2. The van der Waals surface area contributed by atoms with E-state index in [9.17, 15) is 14.9 Å². The molecule has 1 aromatic carbocycles. The second kappa shape index (κ2) is 7.21. The van der Waals surface area contributed by atoms with Crippen molar-refractivity contribution >= 4 is 17.4 Å². The summed E-state index contributed by atoms with van der Waals surface area (Å²) >= 11 is 0. The molecule has 0 spiro atoms. The Morgan fingerprint density at radius 3 is 2.68 bits per heavy atom. The monoisotopic (exact) mass is 303 g/mol. The van der Waals surface area contributed by atoms with Crippen molar-refractivity contribution in [3.05, 3.63) is 51.8 Å². The number of urea groups is 1. The van der Waals surface area contributed by atoms with Crippen LogP contribution < -0.4 is 10.6 Å². The minimum Gasteiger partial charge on any atom is -0.338 e. The fourth-order valence-corrected chi connectivity index (χ4v) is 1.95. The Hall–Kier alpha value is -2.90. The van der Waals surface area contributed by atoms with Crippen LogP contribution in [0.3, 0.4) is 0 Å². The predicted octanol–water partition coefficient (Wildman–Crippen LogP) is 2.38. The van der Waals surface area contributed by atoms with Crippen LogP contribution in [0.1, 0.15) is 17.7 Å². The maximum absolute atomic E-state index is 11.7. The van der Waals surface area contributed by atoms with E-state index in [2.05, 4.69) is 20.8 Å². The summed E-state index contributed by atoms with van der Waals surface area (Å²) in [5.41, 5.74) is 2.67. The molecule has 0 saturated carbocycles. The van der Waals surface area contributed by atoms with Crippen molar-refractivity contribution in [2.75, 3.05) is 11.9 Å². The number of nitrogens with one attached hydrogen (secondary N) is 3. The molecule has 0 atom stereocenters. The van der Waals surface area contributed by atoms with Crippen LogP contribution in [0.4, 0.5) is 16.2 Å². The third-order valence-electron chi connectivity index (χ3n) is 3.18. The van der Waals surface area contributed by atoms with E-state index in [0.717, 1.165) is 24.1 Å². The lowest BCUT2D eigenvalue weighted by Gasteiger charge is -2.07. The summed E-state index contributed by atoms with van der Waals surface area (Å²) in [4.78, 5) is 21.7. The Bertz CT molecular complexity index is 651. The topological polar surface area (TPSA) is 113 Å². The third kappa shape index (κ3) is 4.30. The number of nitro benzene ring substituents is 1. The van der Waals surface area contributed by atoms with Gasteiger partial charge in [0.1, 0.15) is 0 Å². The van der Waals surface area contributed by atoms with E-state index in [-0.39, 0.29) is 11.7 Å². The van der Waals surface area contributed by atoms with E-state index in [1.807, 2.05) is 6.92 Å². The number of hydrogen-bond donors (Lipinski definition) is 3. The molecule has 3 N–H and O–H groups in total. The summed E-state index contributed by atoms with van der Waals surface area (Å²) in [6.07, 6.45) is 3.42. The molecular weight excluding hydrogens is 286 g/mol. The molecule has 2 rings (SSSR count). The van der Waals surface area contributed by atoms with E-state index < -0.39 is 4.92 Å². The minimum absolute atomic E-state index is 0.0126. The molecule has 8 nitrogen and oxygen atoms in total. The van der Waals surface area contributed by atoms with Crippen molar-refractivity contribution in [2.24, 2.45) is 0 Å². The highest BCUT2D eigenvalue weighted by molar-refractivity contribution is 5.89. The van der Waals surface area contributed by atoms with E-state index in [1.165, 1.54) is 24.3 Å². The van der Waals surface area contributed by atoms with Crippen molar-refractivity contribution in [3.8, 4) is 0 Å². The Kier molecular flexibility index (Phi) is 5.07. The molecule has 0 aliphatic rings. The molecule has 116 valence electrons. The van der Waals surface area contributed by atoms with Crippen LogP contribution in [0.5, 0.6) is 0 Å². The quantitative estimate of drug-likeness (QED) is 0.432. The number of carbonyl (C=O) groups is 1. The minimum atomic E-state index is -0.484. The van der Waals surface area contributed by atoms with E-state index in [4.69, 9.17) is 0 Å². The maximum atomic E-state index is 11.7. The second-order valence-corrected chi connectivity index (χ2v) is 4.81. The number of nitrogens with zero attached hydrogens (tertiary/aromatic N) is 2. The van der Waals surface area contributed by atoms with E-state index >= 15 is 0 Å². The van der Waals surface area contributed by atoms with Crippen molar-refractivity contribution in [2.45, 2.75) is 19.8 Å². The summed E-state index contributed by atoms with van der Waals surface area (Å²) in [5, 5.41) is 22.7. The largest absolute Gasteiger partial charge is 0.338 e. The van der Waals surface area contributed by atoms with Gasteiger partial charge in [0.25, 0.3) is 5.69 Å². The lowest BCUT2D eigenvalue weighted by Crippen LogP contribution is -2.29. The number of anilines is 1. The first-order valence-electron chi connectivity index (χ1n) is 6.84. The molecule has 0 aliphatic heterocycles. The molecule has 22 heavy (non-hydrogen) atoms. The number of H-pyrrole nitrogens is 1. The number of non-ortho nitro benzene ring substituents is 1. The van der Waals surface area contributed by atoms with Crippen LogP contribution in [0.2, 0.25) is 0 Å². The Morgan fingerprint density at radius 2 is 2.09 bits per heavy atom. The summed E-state index contributed by atoms with van der Waals surface area (Å²) in [6.45, 7) is 2.49. The fourth-order valence-electron chi connectivity index (χ4n) is 1.95. The van der Waals surface area contributed by atoms with Crippen molar-refractivity contribution < 1.29 is 9.72 Å². The lowest BCUT2D eigenvalue weighted by molar-refractivity contribution is -0.384. The molecule has 0 unspecified atom stereocenters. The zero-order chi connectivity index (χ0) is 15.9. The van der Waals surface area contributed by atoms with Crippen LogP contribution in [0, 0.1) is 17.0 Å². The average Bonchev–Trinajstić information content (AvgIpc) is 2.89. The van der Waals surface area contributed by atoms with E-state index in [0.29, 0.717) is 12.2 Å². The van der Waals surface area contributed by atoms with Gasteiger partial charge in [-0.2, -0.15) is 5.10 Å². The highest BCUT2D eigenvalue weighted by Crippen LogP contribution is 2.15. The van der Waals surface area contributed by atoms with Crippen LogP contribution in [-0.4, -0.2) is 27.7 Å². The molecule has 0 fully saturated rings. The second-order valence-electron chi connectivity index (χ2n) is 4.81. The van der Waals surface area contributed by atoms with Crippen molar-refractivity contribution in [3.63, 3.8) is 0 Å². The van der Waals surface area contributed by atoms with Gasteiger partial charge in [-0.25, -0.2) is 4.79 Å². The molecule has 2 aromatic rings. The van der Waals surface area contributed by atoms with Gasteiger partial charge < -0.3 is 10.6 Å². The van der Waals surface area contributed by atoms with Gasteiger partial charge in [-0.05, 0) is 37.5 Å². The van der Waals surface area contributed by atoms with Crippen LogP contribution in [-0.2, 0) is 6.42 Å². The highest BCUT2D eigenvalue weighted by Gasteiger charge is 2.06. The first-order valence-corrected chi connectivity index (χ1v) is 6.84. The molecule has 0 saturated heterocycles. The summed E-state index contributed by atoms with van der Waals surface area (Å²) < 4.78 is 0. The Balaban J connectivity index is 1.71. The molecule has 8 heteroatoms. The average molecular weight is 303 g/mol. The SMILES string of the molecule is Cc1[nH]ncc1CCCNC(=O)Nc1ccc([N+](=O)[O-])cc1. The van der Waals surface area contributed by atoms with Gasteiger partial charge in [-0.3, -0.25) is 15.2 Å². The van der Waals surface area contributed by atoms with Gasteiger partial charge >= 0.3 is 6.03 Å². The van der Waals surface area contributed by atoms with Gasteiger partial charge in [0.2, 0.25) is 0 Å². The standard InChI is InChI=1S/C14H17N5O3/c1-10-11(9-16-18-10)3-2-8-15-14(20)17-12-4-6-13(7-5-12)19(21)22/h4-7,9H,2-3,8H2,1H3,(H,16,18)(H2,15,17,20).